The number of para-hydroxylation sites is 1. The third-order valence-corrected chi connectivity index (χ3v) is 5.91. The number of ether oxygens (including phenoxy) is 1. The molecular formula is C22H19N3O5S. The van der Waals surface area contributed by atoms with E-state index in [2.05, 4.69) is 0 Å². The highest BCUT2D eigenvalue weighted by atomic mass is 32.2. The molecule has 1 saturated heterocycles. The average molecular weight is 437 g/mol. The summed E-state index contributed by atoms with van der Waals surface area (Å²) in [7, 11) is 3.12. The molecule has 31 heavy (non-hydrogen) atoms. The molecule has 0 spiro atoms. The van der Waals surface area contributed by atoms with Crippen molar-refractivity contribution in [2.75, 3.05) is 12.0 Å². The topological polar surface area (TPSA) is 93.8 Å². The number of hydrogen-bond acceptors (Lipinski definition) is 6. The lowest BCUT2D eigenvalue weighted by Crippen LogP contribution is -2.33. The molecule has 0 aliphatic carbocycles. The monoisotopic (exact) mass is 437 g/mol. The number of thioether (sulfide) groups is 1. The van der Waals surface area contributed by atoms with Crippen molar-refractivity contribution in [3.8, 4) is 17.2 Å². The number of imide groups is 1. The van der Waals surface area contributed by atoms with Crippen LogP contribution in [0.4, 0.5) is 10.5 Å². The Morgan fingerprint density at radius 2 is 1.77 bits per heavy atom. The third kappa shape index (κ3) is 3.42. The number of rotatable bonds is 4. The Morgan fingerprint density at radius 3 is 2.45 bits per heavy atom. The highest BCUT2D eigenvalue weighted by Crippen LogP contribution is 2.37. The first-order chi connectivity index (χ1) is 14.8. The molecular weight excluding hydrogens is 418 g/mol. The first kappa shape index (κ1) is 20.5. The van der Waals surface area contributed by atoms with Crippen LogP contribution in [-0.4, -0.2) is 32.7 Å². The van der Waals surface area contributed by atoms with Gasteiger partial charge in [-0.3, -0.25) is 19.1 Å². The molecule has 1 aliphatic heterocycles. The number of anilines is 1. The summed E-state index contributed by atoms with van der Waals surface area (Å²) >= 11 is 0.755. The highest BCUT2D eigenvalue weighted by Gasteiger charge is 2.40. The maximum atomic E-state index is 13.2. The molecule has 0 bridgehead atoms. The molecule has 1 N–H and O–H groups in total. The lowest BCUT2D eigenvalue weighted by atomic mass is 10.2. The number of hydrogen-bond donors (Lipinski definition) is 1. The van der Waals surface area contributed by atoms with Gasteiger partial charge in [-0.25, -0.2) is 9.58 Å². The van der Waals surface area contributed by atoms with Crippen molar-refractivity contribution in [3.63, 3.8) is 0 Å². The molecule has 1 aromatic heterocycles. The normalized spacial score (nSPS) is 15.2. The fraction of sp³-hybridized carbons (Fsp3) is 0.136. The summed E-state index contributed by atoms with van der Waals surface area (Å²) < 4.78 is 8.12. The minimum absolute atomic E-state index is 0.0283. The first-order valence-corrected chi connectivity index (χ1v) is 10.1. The number of nitrogens with zero attached hydrogens (tertiary/aromatic N) is 3. The van der Waals surface area contributed by atoms with Crippen LogP contribution in [-0.2, 0) is 11.8 Å². The smallest absolute Gasteiger partial charge is 0.298 e. The van der Waals surface area contributed by atoms with Crippen LogP contribution in [0.1, 0.15) is 11.3 Å². The van der Waals surface area contributed by atoms with Gasteiger partial charge in [0.25, 0.3) is 16.7 Å². The standard InChI is InChI=1S/C22H19N3O5S/c1-13-19(21(28)25(23(13)2)15-7-5-4-6-8-15)24-20(27)18(31-22(24)29)12-14-9-10-16(26)17(11-14)30-3/h4-12,26H,1-3H3/b18-12-. The van der Waals surface area contributed by atoms with E-state index in [0.717, 1.165) is 16.7 Å². The van der Waals surface area contributed by atoms with Crippen LogP contribution < -0.4 is 15.2 Å². The van der Waals surface area contributed by atoms with Crippen molar-refractivity contribution in [2.45, 2.75) is 6.92 Å². The molecule has 2 heterocycles. The lowest BCUT2D eigenvalue weighted by Gasteiger charge is -2.10. The molecule has 4 rings (SSSR count). The highest BCUT2D eigenvalue weighted by molar-refractivity contribution is 8.19. The third-order valence-electron chi connectivity index (χ3n) is 5.04. The predicted octanol–water partition coefficient (Wildman–Crippen LogP) is 3.44. The van der Waals surface area contributed by atoms with Crippen molar-refractivity contribution < 1.29 is 19.4 Å². The van der Waals surface area contributed by atoms with E-state index in [-0.39, 0.29) is 22.1 Å². The second kappa shape index (κ2) is 7.84. The van der Waals surface area contributed by atoms with E-state index in [0.29, 0.717) is 16.9 Å². The number of carbonyl (C=O) groups is 2. The van der Waals surface area contributed by atoms with Gasteiger partial charge in [0.1, 0.15) is 5.69 Å². The molecule has 158 valence electrons. The van der Waals surface area contributed by atoms with Crippen LogP contribution in [0.5, 0.6) is 11.5 Å². The molecule has 0 saturated carbocycles. The molecule has 9 heteroatoms. The molecule has 1 aliphatic rings. The minimum atomic E-state index is -0.576. The Hall–Kier alpha value is -3.72. The molecule has 8 nitrogen and oxygen atoms in total. The lowest BCUT2D eigenvalue weighted by molar-refractivity contribution is -0.113. The van der Waals surface area contributed by atoms with Crippen LogP contribution in [0.15, 0.2) is 58.2 Å². The van der Waals surface area contributed by atoms with Gasteiger partial charge in [-0.05, 0) is 54.6 Å². The van der Waals surface area contributed by atoms with Crippen molar-refractivity contribution in [1.82, 2.24) is 9.36 Å². The summed E-state index contributed by atoms with van der Waals surface area (Å²) in [5, 5.41) is 9.20. The van der Waals surface area contributed by atoms with Gasteiger partial charge in [0, 0.05) is 7.05 Å². The van der Waals surface area contributed by atoms with Crippen LogP contribution >= 0.6 is 11.8 Å². The Balaban J connectivity index is 1.76. The van der Waals surface area contributed by atoms with Gasteiger partial charge in [0.2, 0.25) is 0 Å². The van der Waals surface area contributed by atoms with Crippen LogP contribution in [0, 0.1) is 6.92 Å². The van der Waals surface area contributed by atoms with E-state index < -0.39 is 16.7 Å². The molecule has 0 atom stereocenters. The second-order valence-electron chi connectivity index (χ2n) is 6.86. The minimum Gasteiger partial charge on any atom is -0.504 e. The van der Waals surface area contributed by atoms with Gasteiger partial charge >= 0.3 is 0 Å². The summed E-state index contributed by atoms with van der Waals surface area (Å²) in [6.07, 6.45) is 1.53. The summed E-state index contributed by atoms with van der Waals surface area (Å²) in [6.45, 7) is 1.69. The van der Waals surface area contributed by atoms with Crippen LogP contribution in [0.3, 0.4) is 0 Å². The predicted molar refractivity (Wildman–Crippen MR) is 119 cm³/mol. The van der Waals surface area contributed by atoms with Gasteiger partial charge in [0.05, 0.1) is 23.4 Å². The second-order valence-corrected chi connectivity index (χ2v) is 7.85. The Morgan fingerprint density at radius 1 is 1.06 bits per heavy atom. The van der Waals surface area contributed by atoms with Crippen LogP contribution in [0.25, 0.3) is 11.8 Å². The maximum Gasteiger partial charge on any atom is 0.298 e. The van der Waals surface area contributed by atoms with Crippen LogP contribution in [0.2, 0.25) is 0 Å². The van der Waals surface area contributed by atoms with Gasteiger partial charge in [0.15, 0.2) is 11.5 Å². The number of phenols is 1. The fourth-order valence-corrected chi connectivity index (χ4v) is 4.23. The van der Waals surface area contributed by atoms with E-state index in [1.165, 1.54) is 23.9 Å². The Kier molecular flexibility index (Phi) is 5.20. The van der Waals surface area contributed by atoms with E-state index >= 15 is 0 Å². The number of aromatic nitrogens is 2. The molecule has 2 amide bonds. The largest absolute Gasteiger partial charge is 0.504 e. The number of amides is 2. The van der Waals surface area contributed by atoms with Gasteiger partial charge in [-0.2, -0.15) is 0 Å². The number of phenolic OH excluding ortho intramolecular Hbond substituents is 1. The molecule has 0 unspecified atom stereocenters. The van der Waals surface area contributed by atoms with Gasteiger partial charge in [-0.1, -0.05) is 24.3 Å². The average Bonchev–Trinajstić information content (AvgIpc) is 3.15. The van der Waals surface area contributed by atoms with Crippen molar-refractivity contribution in [3.05, 3.63) is 75.0 Å². The van der Waals surface area contributed by atoms with E-state index in [1.807, 2.05) is 6.07 Å². The summed E-state index contributed by atoms with van der Waals surface area (Å²) in [5.74, 6) is -0.361. The maximum absolute atomic E-state index is 13.2. The number of methoxy groups -OCH3 is 1. The first-order valence-electron chi connectivity index (χ1n) is 9.32. The summed E-state index contributed by atoms with van der Waals surface area (Å²) in [5.41, 5.74) is 1.26. The van der Waals surface area contributed by atoms with E-state index in [4.69, 9.17) is 4.74 Å². The van der Waals surface area contributed by atoms with Gasteiger partial charge < -0.3 is 9.84 Å². The van der Waals surface area contributed by atoms with Gasteiger partial charge in [-0.15, -0.1) is 0 Å². The Labute approximate surface area is 181 Å². The fourth-order valence-electron chi connectivity index (χ4n) is 3.41. The molecule has 2 aromatic carbocycles. The molecule has 1 fully saturated rings. The summed E-state index contributed by atoms with van der Waals surface area (Å²) in [6, 6.07) is 13.6. The quantitative estimate of drug-likeness (QED) is 0.629. The zero-order valence-electron chi connectivity index (χ0n) is 17.0. The molecule has 0 radical (unpaired) electrons. The number of aromatic hydroxyl groups is 1. The van der Waals surface area contributed by atoms with E-state index in [1.54, 1.807) is 55.1 Å². The van der Waals surface area contributed by atoms with Crippen molar-refractivity contribution in [1.29, 1.82) is 0 Å². The molecule has 3 aromatic rings. The van der Waals surface area contributed by atoms with Crippen molar-refractivity contribution in [2.24, 2.45) is 7.05 Å². The van der Waals surface area contributed by atoms with Crippen molar-refractivity contribution >= 4 is 34.7 Å². The zero-order chi connectivity index (χ0) is 22.3. The number of carbonyl (C=O) groups excluding carboxylic acids is 2. The SMILES string of the molecule is COc1cc(/C=C2\SC(=O)N(c3c(C)n(C)n(-c4ccccc4)c3=O)C2=O)ccc1O. The zero-order valence-corrected chi connectivity index (χ0v) is 17.8. The number of benzene rings is 2. The summed E-state index contributed by atoms with van der Waals surface area (Å²) in [4.78, 5) is 40.1. The van der Waals surface area contributed by atoms with E-state index in [9.17, 15) is 19.5 Å². The Bertz CT molecular complexity index is 1290.